The second kappa shape index (κ2) is 10.9. The average molecular weight is 614 g/mol. The van der Waals surface area contributed by atoms with Crippen LogP contribution >= 0.6 is 24.2 Å². The van der Waals surface area contributed by atoms with Gasteiger partial charge in [-0.15, -0.1) is 12.6 Å². The summed E-state index contributed by atoms with van der Waals surface area (Å²) in [6, 6.07) is 13.3. The third-order valence-electron chi connectivity index (χ3n) is 7.67. The number of hydrogen-bond donors (Lipinski definition) is 2. The molecule has 1 unspecified atom stereocenters. The van der Waals surface area contributed by atoms with E-state index in [9.17, 15) is 14.4 Å². The maximum atomic E-state index is 16.2. The van der Waals surface area contributed by atoms with Crippen molar-refractivity contribution in [1.82, 2.24) is 4.90 Å². The van der Waals surface area contributed by atoms with E-state index in [0.29, 0.717) is 24.3 Å². The van der Waals surface area contributed by atoms with Gasteiger partial charge in [-0.2, -0.15) is 0 Å². The number of benzene rings is 3. The van der Waals surface area contributed by atoms with Crippen LogP contribution in [-0.4, -0.2) is 47.3 Å². The van der Waals surface area contributed by atoms with Gasteiger partial charge in [0.05, 0.1) is 17.1 Å². The summed E-state index contributed by atoms with van der Waals surface area (Å²) in [6.45, 7) is 6.17. The van der Waals surface area contributed by atoms with Crippen LogP contribution in [-0.2, 0) is 27.9 Å². The lowest BCUT2D eigenvalue weighted by Crippen LogP contribution is -2.60. The Morgan fingerprint density at radius 2 is 1.76 bits per heavy atom. The van der Waals surface area contributed by atoms with Crippen LogP contribution in [0.3, 0.4) is 0 Å². The fraction of sp³-hybridized carbons (Fsp3) is 0.323. The lowest BCUT2D eigenvalue weighted by atomic mass is 9.82. The molecule has 220 valence electrons. The van der Waals surface area contributed by atoms with Gasteiger partial charge in [0.15, 0.2) is 5.12 Å². The largest absolute Gasteiger partial charge is 0.444 e. The number of fused-ring (bicyclic) bond motifs is 3. The predicted molar refractivity (Wildman–Crippen MR) is 160 cm³/mol. The Labute approximate surface area is 253 Å². The number of amides is 2. The van der Waals surface area contributed by atoms with E-state index >= 15 is 8.78 Å². The first-order chi connectivity index (χ1) is 19.7. The highest BCUT2D eigenvalue weighted by Gasteiger charge is 2.51. The molecule has 42 heavy (non-hydrogen) atoms. The minimum atomic E-state index is -0.939. The lowest BCUT2D eigenvalue weighted by molar-refractivity contribution is -0.110. The topological polar surface area (TPSA) is 92.9 Å². The molecule has 0 aromatic heterocycles. The van der Waals surface area contributed by atoms with Gasteiger partial charge in [0.1, 0.15) is 17.2 Å². The molecule has 11 heteroatoms. The highest BCUT2D eigenvalue weighted by Crippen LogP contribution is 2.53. The van der Waals surface area contributed by atoms with Gasteiger partial charge in [0.25, 0.3) is 0 Å². The van der Waals surface area contributed by atoms with Crippen molar-refractivity contribution in [2.24, 2.45) is 5.73 Å². The molecule has 0 saturated carbocycles. The third-order valence-corrected chi connectivity index (χ3v) is 8.20. The Balaban J connectivity index is 1.74. The Kier molecular flexibility index (Phi) is 7.74. The molecule has 1 fully saturated rings. The van der Waals surface area contributed by atoms with Crippen molar-refractivity contribution in [3.8, 4) is 11.1 Å². The summed E-state index contributed by atoms with van der Waals surface area (Å²) >= 11 is 10.4. The molecule has 2 amide bonds. The van der Waals surface area contributed by atoms with Crippen molar-refractivity contribution in [3.05, 3.63) is 87.4 Å². The first-order valence-electron chi connectivity index (χ1n) is 13.4. The van der Waals surface area contributed by atoms with Gasteiger partial charge in [0, 0.05) is 48.3 Å². The number of halogens is 3. The number of primary amides is 1. The van der Waals surface area contributed by atoms with Crippen molar-refractivity contribution in [2.45, 2.75) is 44.8 Å². The molecule has 0 radical (unpaired) electrons. The molecule has 0 aliphatic carbocycles. The second-order valence-electron chi connectivity index (χ2n) is 11.6. The van der Waals surface area contributed by atoms with Crippen molar-refractivity contribution in [1.29, 1.82) is 0 Å². The highest BCUT2D eigenvalue weighted by atomic mass is 35.5. The summed E-state index contributed by atoms with van der Waals surface area (Å²) in [7, 11) is 0. The number of rotatable bonds is 5. The molecule has 3 aromatic rings. The highest BCUT2D eigenvalue weighted by molar-refractivity contribution is 7.96. The van der Waals surface area contributed by atoms with E-state index in [1.54, 1.807) is 25.7 Å². The SMILES string of the molecule is CC(C)(C)OC(=O)N1CCN2c3cc(F)c(Cl)c(-c4c(C(N)=O)ccc(CC(=O)S)c4F)c3CC2(c2ccccc2)C1. The predicted octanol–water partition coefficient (Wildman–Crippen LogP) is 5.89. The van der Waals surface area contributed by atoms with E-state index in [2.05, 4.69) is 12.6 Å². The number of piperazine rings is 1. The Bertz CT molecular complexity index is 1610. The van der Waals surface area contributed by atoms with Crippen LogP contribution in [0.2, 0.25) is 5.02 Å². The monoisotopic (exact) mass is 613 g/mol. The van der Waals surface area contributed by atoms with E-state index in [1.807, 2.05) is 35.2 Å². The Morgan fingerprint density at radius 1 is 1.07 bits per heavy atom. The maximum absolute atomic E-state index is 16.2. The van der Waals surface area contributed by atoms with Gasteiger partial charge in [0.2, 0.25) is 5.91 Å². The van der Waals surface area contributed by atoms with Gasteiger partial charge in [-0.25, -0.2) is 13.6 Å². The number of anilines is 1. The van der Waals surface area contributed by atoms with Gasteiger partial charge in [-0.3, -0.25) is 9.59 Å². The fourth-order valence-electron chi connectivity index (χ4n) is 5.99. The first kappa shape index (κ1) is 29.8. The Hall–Kier alpha value is -3.63. The molecule has 1 atom stereocenters. The summed E-state index contributed by atoms with van der Waals surface area (Å²) in [5.74, 6) is -2.65. The molecule has 2 heterocycles. The van der Waals surface area contributed by atoms with Crippen LogP contribution in [0.25, 0.3) is 11.1 Å². The molecular weight excluding hydrogens is 584 g/mol. The fourth-order valence-corrected chi connectivity index (χ4v) is 6.42. The number of ether oxygens (including phenoxy) is 1. The molecule has 0 bridgehead atoms. The Morgan fingerprint density at radius 3 is 2.38 bits per heavy atom. The van der Waals surface area contributed by atoms with E-state index in [0.717, 1.165) is 5.56 Å². The van der Waals surface area contributed by atoms with Gasteiger partial charge >= 0.3 is 6.09 Å². The zero-order valence-corrected chi connectivity index (χ0v) is 25.0. The maximum Gasteiger partial charge on any atom is 0.410 e. The molecule has 2 aliphatic rings. The summed E-state index contributed by atoms with van der Waals surface area (Å²) in [5.41, 5.74) is 5.34. The van der Waals surface area contributed by atoms with Crippen LogP contribution in [0.1, 0.15) is 47.8 Å². The van der Waals surface area contributed by atoms with E-state index in [4.69, 9.17) is 22.1 Å². The molecule has 1 saturated heterocycles. The minimum Gasteiger partial charge on any atom is -0.444 e. The van der Waals surface area contributed by atoms with Gasteiger partial charge < -0.3 is 20.3 Å². The summed E-state index contributed by atoms with van der Waals surface area (Å²) < 4.78 is 37.5. The van der Waals surface area contributed by atoms with Crippen LogP contribution in [0, 0.1) is 11.6 Å². The third kappa shape index (κ3) is 5.22. The van der Waals surface area contributed by atoms with E-state index in [1.165, 1.54) is 18.2 Å². The summed E-state index contributed by atoms with van der Waals surface area (Å²) in [6.07, 6.45) is -0.640. The van der Waals surface area contributed by atoms with Crippen LogP contribution in [0.15, 0.2) is 48.5 Å². The molecular formula is C31H30ClF2N3O4S. The molecule has 2 aliphatic heterocycles. The molecule has 3 aromatic carbocycles. The lowest BCUT2D eigenvalue weighted by Gasteiger charge is -2.48. The number of carbonyl (C=O) groups is 3. The number of nitrogens with two attached hydrogens (primary N) is 1. The zero-order chi connectivity index (χ0) is 30.6. The number of thiol groups is 1. The van der Waals surface area contributed by atoms with E-state index in [-0.39, 0.29) is 46.7 Å². The number of hydrogen-bond acceptors (Lipinski definition) is 5. The van der Waals surface area contributed by atoms with E-state index < -0.39 is 39.9 Å². The summed E-state index contributed by atoms with van der Waals surface area (Å²) in [5, 5.41) is -0.971. The van der Waals surface area contributed by atoms with Crippen LogP contribution in [0.4, 0.5) is 19.3 Å². The normalized spacial score (nSPS) is 18.0. The van der Waals surface area contributed by atoms with Gasteiger partial charge in [-0.1, -0.05) is 48.0 Å². The van der Waals surface area contributed by atoms with Crippen molar-refractivity contribution in [2.75, 3.05) is 24.5 Å². The molecule has 0 spiro atoms. The van der Waals surface area contributed by atoms with Crippen molar-refractivity contribution in [3.63, 3.8) is 0 Å². The van der Waals surface area contributed by atoms with Crippen LogP contribution < -0.4 is 10.6 Å². The minimum absolute atomic E-state index is 0.0139. The van der Waals surface area contributed by atoms with Crippen molar-refractivity contribution < 1.29 is 27.9 Å². The molecule has 2 N–H and O–H groups in total. The average Bonchev–Trinajstić information content (AvgIpc) is 3.24. The smallest absolute Gasteiger partial charge is 0.410 e. The summed E-state index contributed by atoms with van der Waals surface area (Å²) in [4.78, 5) is 41.1. The van der Waals surface area contributed by atoms with Crippen LogP contribution in [0.5, 0.6) is 0 Å². The number of carbonyl (C=O) groups excluding carboxylic acids is 3. The quantitative estimate of drug-likeness (QED) is 0.350. The first-order valence-corrected chi connectivity index (χ1v) is 14.2. The second-order valence-corrected chi connectivity index (χ2v) is 12.4. The number of nitrogens with zero attached hydrogens (tertiary/aromatic N) is 2. The standard InChI is InChI=1S/C31H30ClF2N3O4S/c1-30(2,3)41-29(40)36-11-12-37-22-14-21(33)26(32)24(20(22)15-31(37,16-36)18-7-5-4-6-8-18)25-19(28(35)39)10-9-17(27(25)34)13-23(38)42/h4-10,14H,11-13,15-16H2,1-3H3,(H2,35,39)(H,38,42). The van der Waals surface area contributed by atoms with Gasteiger partial charge in [-0.05, 0) is 49.6 Å². The van der Waals surface area contributed by atoms with Crippen molar-refractivity contribution >= 4 is 47.0 Å². The zero-order valence-electron chi connectivity index (χ0n) is 23.3. The molecule has 5 rings (SSSR count). The molecule has 7 nitrogen and oxygen atoms in total.